The van der Waals surface area contributed by atoms with E-state index in [9.17, 15) is 0 Å². The van der Waals surface area contributed by atoms with Crippen LogP contribution >= 0.6 is 0 Å². The van der Waals surface area contributed by atoms with Gasteiger partial charge in [-0.3, -0.25) is 0 Å². The van der Waals surface area contributed by atoms with Crippen LogP contribution in [0.15, 0.2) is 0 Å². The molecule has 86 valence electrons. The summed E-state index contributed by atoms with van der Waals surface area (Å²) in [6.45, 7) is 3.45. The molecule has 0 aliphatic heterocycles. The van der Waals surface area contributed by atoms with Gasteiger partial charge in [0, 0.05) is 6.04 Å². The number of nitrogens with one attached hydrogen (secondary N) is 1. The Kier molecular flexibility index (Phi) is 2.76. The van der Waals surface area contributed by atoms with Gasteiger partial charge in [0.05, 0.1) is 0 Å². The zero-order chi connectivity index (χ0) is 10.3. The van der Waals surface area contributed by atoms with Crippen molar-refractivity contribution in [3.63, 3.8) is 0 Å². The minimum atomic E-state index is 0.900. The summed E-state index contributed by atoms with van der Waals surface area (Å²) in [6.07, 6.45) is 10.6. The summed E-state index contributed by atoms with van der Waals surface area (Å²) in [6, 6.07) is 0.900. The van der Waals surface area contributed by atoms with E-state index in [1.165, 1.54) is 38.6 Å². The second-order valence-electron chi connectivity index (χ2n) is 5.96. The fourth-order valence-electron chi connectivity index (χ4n) is 4.23. The van der Waals surface area contributed by atoms with Gasteiger partial charge in [-0.05, 0) is 55.9 Å². The Labute approximate surface area is 94.0 Å². The smallest absolute Gasteiger partial charge is 0.0129 e. The highest BCUT2D eigenvalue weighted by atomic mass is 14.9. The normalized spacial score (nSPS) is 41.8. The molecule has 0 bridgehead atoms. The second kappa shape index (κ2) is 4.08. The number of hydrogen-bond acceptors (Lipinski definition) is 1. The molecule has 3 rings (SSSR count). The minimum Gasteiger partial charge on any atom is -0.314 e. The molecule has 0 radical (unpaired) electrons. The van der Waals surface area contributed by atoms with Crippen molar-refractivity contribution in [3.8, 4) is 0 Å². The maximum atomic E-state index is 3.80. The first-order valence-electron chi connectivity index (χ1n) is 7.15. The van der Waals surface area contributed by atoms with Crippen molar-refractivity contribution >= 4 is 0 Å². The van der Waals surface area contributed by atoms with Gasteiger partial charge < -0.3 is 5.32 Å². The lowest BCUT2D eigenvalue weighted by Gasteiger charge is -2.35. The number of rotatable bonds is 4. The monoisotopic (exact) mass is 207 g/mol. The molecule has 0 aromatic rings. The third kappa shape index (κ3) is 1.73. The van der Waals surface area contributed by atoms with E-state index >= 15 is 0 Å². The van der Waals surface area contributed by atoms with Gasteiger partial charge in [-0.25, -0.2) is 0 Å². The Morgan fingerprint density at radius 2 is 1.67 bits per heavy atom. The van der Waals surface area contributed by atoms with E-state index in [1.807, 2.05) is 0 Å². The summed E-state index contributed by atoms with van der Waals surface area (Å²) in [5.41, 5.74) is 0. The van der Waals surface area contributed by atoms with Gasteiger partial charge in [0.1, 0.15) is 0 Å². The molecule has 1 nitrogen and oxygen atoms in total. The molecule has 0 spiro atoms. The standard InChI is InChI=1S/C14H25N/c1-2-15-14(10-6-5-7-10)13-11-8-3-4-9-12(11)13/h10-15H,2-9H2,1H3. The average Bonchev–Trinajstić information content (AvgIpc) is 2.88. The van der Waals surface area contributed by atoms with Crippen molar-refractivity contribution in [2.24, 2.45) is 23.7 Å². The lowest BCUT2D eigenvalue weighted by Crippen LogP contribution is -2.41. The SMILES string of the molecule is CCNC(C1CCC1)C1C2CCCCC21. The van der Waals surface area contributed by atoms with E-state index in [1.54, 1.807) is 12.8 Å². The molecule has 3 saturated carbocycles. The zero-order valence-corrected chi connectivity index (χ0v) is 10.0. The van der Waals surface area contributed by atoms with E-state index in [-0.39, 0.29) is 0 Å². The van der Waals surface area contributed by atoms with Crippen LogP contribution in [-0.4, -0.2) is 12.6 Å². The van der Waals surface area contributed by atoms with Gasteiger partial charge in [0.15, 0.2) is 0 Å². The van der Waals surface area contributed by atoms with Crippen molar-refractivity contribution in [2.75, 3.05) is 6.54 Å². The molecule has 3 fully saturated rings. The summed E-state index contributed by atoms with van der Waals surface area (Å²) in [5, 5.41) is 3.80. The van der Waals surface area contributed by atoms with Crippen molar-refractivity contribution < 1.29 is 0 Å². The van der Waals surface area contributed by atoms with Crippen LogP contribution in [0.1, 0.15) is 51.9 Å². The Hall–Kier alpha value is -0.0400. The minimum absolute atomic E-state index is 0.900. The summed E-state index contributed by atoms with van der Waals surface area (Å²) in [7, 11) is 0. The van der Waals surface area contributed by atoms with Crippen molar-refractivity contribution in [1.82, 2.24) is 5.32 Å². The van der Waals surface area contributed by atoms with E-state index in [0.717, 1.165) is 29.7 Å². The molecule has 1 N–H and O–H groups in total. The highest BCUT2D eigenvalue weighted by Gasteiger charge is 2.55. The molecule has 0 aromatic carbocycles. The van der Waals surface area contributed by atoms with E-state index in [2.05, 4.69) is 12.2 Å². The number of fused-ring (bicyclic) bond motifs is 1. The first-order valence-corrected chi connectivity index (χ1v) is 7.15. The van der Waals surface area contributed by atoms with E-state index < -0.39 is 0 Å². The molecular weight excluding hydrogens is 182 g/mol. The zero-order valence-electron chi connectivity index (χ0n) is 10.0. The molecule has 15 heavy (non-hydrogen) atoms. The predicted molar refractivity (Wildman–Crippen MR) is 63.7 cm³/mol. The highest BCUT2D eigenvalue weighted by Crippen LogP contribution is 2.59. The number of hydrogen-bond donors (Lipinski definition) is 1. The summed E-state index contributed by atoms with van der Waals surface area (Å²) < 4.78 is 0. The van der Waals surface area contributed by atoms with E-state index in [0.29, 0.717) is 0 Å². The lowest BCUT2D eigenvalue weighted by molar-refractivity contribution is 0.202. The van der Waals surface area contributed by atoms with Crippen LogP contribution in [0, 0.1) is 23.7 Å². The Morgan fingerprint density at radius 3 is 2.13 bits per heavy atom. The maximum absolute atomic E-state index is 3.80. The molecule has 0 heterocycles. The molecule has 0 aromatic heterocycles. The molecule has 3 aliphatic rings. The third-order valence-corrected chi connectivity index (χ3v) is 5.23. The summed E-state index contributed by atoms with van der Waals surface area (Å²) in [4.78, 5) is 0. The van der Waals surface area contributed by atoms with Crippen molar-refractivity contribution in [3.05, 3.63) is 0 Å². The molecule has 3 aliphatic carbocycles. The van der Waals surface area contributed by atoms with Gasteiger partial charge in [0.2, 0.25) is 0 Å². The molecule has 3 atom stereocenters. The molecule has 3 unspecified atom stereocenters. The van der Waals surface area contributed by atoms with Gasteiger partial charge >= 0.3 is 0 Å². The van der Waals surface area contributed by atoms with Crippen LogP contribution < -0.4 is 5.32 Å². The fraction of sp³-hybridized carbons (Fsp3) is 1.00. The second-order valence-corrected chi connectivity index (χ2v) is 5.96. The van der Waals surface area contributed by atoms with Crippen LogP contribution in [0.5, 0.6) is 0 Å². The maximum Gasteiger partial charge on any atom is 0.0129 e. The first kappa shape index (κ1) is 10.1. The van der Waals surface area contributed by atoms with Crippen molar-refractivity contribution in [1.29, 1.82) is 0 Å². The van der Waals surface area contributed by atoms with Gasteiger partial charge in [0.25, 0.3) is 0 Å². The summed E-state index contributed by atoms with van der Waals surface area (Å²) in [5.74, 6) is 4.38. The van der Waals surface area contributed by atoms with E-state index in [4.69, 9.17) is 0 Å². The van der Waals surface area contributed by atoms with Crippen LogP contribution in [-0.2, 0) is 0 Å². The Balaban J connectivity index is 1.62. The van der Waals surface area contributed by atoms with Gasteiger partial charge in [-0.15, -0.1) is 0 Å². The van der Waals surface area contributed by atoms with Crippen LogP contribution in [0.4, 0.5) is 0 Å². The third-order valence-electron chi connectivity index (χ3n) is 5.23. The average molecular weight is 207 g/mol. The van der Waals surface area contributed by atoms with Crippen molar-refractivity contribution in [2.45, 2.75) is 57.9 Å². The Morgan fingerprint density at radius 1 is 1.00 bits per heavy atom. The first-order chi connectivity index (χ1) is 7.42. The molecule has 0 amide bonds. The van der Waals surface area contributed by atoms with Gasteiger partial charge in [-0.1, -0.05) is 26.2 Å². The molecule has 1 heteroatoms. The fourth-order valence-corrected chi connectivity index (χ4v) is 4.23. The van der Waals surface area contributed by atoms with Crippen LogP contribution in [0.25, 0.3) is 0 Å². The van der Waals surface area contributed by atoms with Crippen LogP contribution in [0.3, 0.4) is 0 Å². The molecular formula is C14H25N. The predicted octanol–water partition coefficient (Wildman–Crippen LogP) is 3.20. The summed E-state index contributed by atoms with van der Waals surface area (Å²) >= 11 is 0. The topological polar surface area (TPSA) is 12.0 Å². The quantitative estimate of drug-likeness (QED) is 0.746. The molecule has 0 saturated heterocycles. The van der Waals surface area contributed by atoms with Gasteiger partial charge in [-0.2, -0.15) is 0 Å². The Bertz CT molecular complexity index is 209. The lowest BCUT2D eigenvalue weighted by atomic mass is 9.77. The highest BCUT2D eigenvalue weighted by molar-refractivity contribution is 5.07. The van der Waals surface area contributed by atoms with Crippen LogP contribution in [0.2, 0.25) is 0 Å². The largest absolute Gasteiger partial charge is 0.314 e.